The average Bonchev–Trinajstić information content (AvgIpc) is 2.66. The number of rotatable bonds is 3. The molecule has 1 aromatic carbocycles. The molecule has 0 bridgehead atoms. The van der Waals surface area contributed by atoms with Gasteiger partial charge in [-0.2, -0.15) is 0 Å². The lowest BCUT2D eigenvalue weighted by Gasteiger charge is -2.28. The minimum Gasteiger partial charge on any atom is -0.385 e. The zero-order chi connectivity index (χ0) is 12.5. The molecular formula is C13H16O4. The van der Waals surface area contributed by atoms with Crippen LogP contribution in [-0.2, 0) is 14.3 Å². The van der Waals surface area contributed by atoms with E-state index in [4.69, 9.17) is 9.47 Å². The minimum atomic E-state index is -1.31. The Labute approximate surface area is 100 Å². The van der Waals surface area contributed by atoms with Gasteiger partial charge in [-0.05, 0) is 19.4 Å². The molecule has 2 rings (SSSR count). The van der Waals surface area contributed by atoms with Gasteiger partial charge in [0.1, 0.15) is 6.10 Å². The van der Waals surface area contributed by atoms with Gasteiger partial charge in [-0.15, -0.1) is 0 Å². The Morgan fingerprint density at radius 1 is 1.35 bits per heavy atom. The number of aliphatic hydroxyl groups excluding tert-OH is 1. The van der Waals surface area contributed by atoms with Crippen LogP contribution in [0.2, 0.25) is 0 Å². The van der Waals surface area contributed by atoms with Crippen LogP contribution in [0.15, 0.2) is 30.3 Å². The number of ether oxygens (including phenoxy) is 2. The molecule has 1 aliphatic rings. The van der Waals surface area contributed by atoms with Gasteiger partial charge in [0.05, 0.1) is 6.61 Å². The van der Waals surface area contributed by atoms with Crippen molar-refractivity contribution in [3.8, 4) is 0 Å². The second-order valence-corrected chi connectivity index (χ2v) is 4.68. The van der Waals surface area contributed by atoms with Crippen molar-refractivity contribution in [1.82, 2.24) is 0 Å². The fourth-order valence-electron chi connectivity index (χ4n) is 1.98. The summed E-state index contributed by atoms with van der Waals surface area (Å²) in [6.45, 7) is 3.49. The molecule has 0 aliphatic carbocycles. The molecule has 0 unspecified atom stereocenters. The van der Waals surface area contributed by atoms with E-state index in [1.54, 1.807) is 38.1 Å². The van der Waals surface area contributed by atoms with Gasteiger partial charge in [0, 0.05) is 0 Å². The van der Waals surface area contributed by atoms with Crippen LogP contribution >= 0.6 is 0 Å². The fourth-order valence-corrected chi connectivity index (χ4v) is 1.98. The van der Waals surface area contributed by atoms with Crippen LogP contribution in [-0.4, -0.2) is 29.4 Å². The number of aliphatic hydroxyl groups is 1. The average molecular weight is 236 g/mol. The summed E-state index contributed by atoms with van der Waals surface area (Å²) in [5, 5.41) is 10.3. The highest BCUT2D eigenvalue weighted by Gasteiger charge is 2.51. The SMILES string of the molecule is CC1(C)OC[C@@](C=O)([C@H](O)c2ccccc2)O1. The lowest BCUT2D eigenvalue weighted by molar-refractivity contribution is -0.184. The van der Waals surface area contributed by atoms with Gasteiger partial charge in [0.15, 0.2) is 17.7 Å². The molecule has 4 nitrogen and oxygen atoms in total. The summed E-state index contributed by atoms with van der Waals surface area (Å²) < 4.78 is 10.9. The predicted molar refractivity (Wildman–Crippen MR) is 61.3 cm³/mol. The minimum absolute atomic E-state index is 0.0551. The van der Waals surface area contributed by atoms with E-state index in [1.807, 2.05) is 6.07 Å². The standard InChI is InChI=1S/C13H16O4/c1-12(2)16-9-13(8-14,17-12)11(15)10-6-4-3-5-7-10/h3-8,11,15H,9H2,1-2H3/t11-,13+/m1/s1. The molecule has 1 aliphatic heterocycles. The summed E-state index contributed by atoms with van der Waals surface area (Å²) in [7, 11) is 0. The van der Waals surface area contributed by atoms with Crippen LogP contribution in [0.25, 0.3) is 0 Å². The van der Waals surface area contributed by atoms with Crippen molar-refractivity contribution in [1.29, 1.82) is 0 Å². The zero-order valence-electron chi connectivity index (χ0n) is 9.92. The smallest absolute Gasteiger partial charge is 0.179 e. The summed E-state index contributed by atoms with van der Waals surface area (Å²) in [4.78, 5) is 11.3. The second kappa shape index (κ2) is 4.22. The lowest BCUT2D eigenvalue weighted by Crippen LogP contribution is -2.42. The maximum absolute atomic E-state index is 11.3. The molecule has 0 spiro atoms. The van der Waals surface area contributed by atoms with Gasteiger partial charge in [0.2, 0.25) is 0 Å². The van der Waals surface area contributed by atoms with E-state index in [-0.39, 0.29) is 6.61 Å². The van der Waals surface area contributed by atoms with E-state index < -0.39 is 17.5 Å². The molecule has 1 fully saturated rings. The Morgan fingerprint density at radius 3 is 2.47 bits per heavy atom. The summed E-state index contributed by atoms with van der Waals surface area (Å²) in [6.07, 6.45) is -0.401. The van der Waals surface area contributed by atoms with Gasteiger partial charge in [-0.1, -0.05) is 30.3 Å². The number of carbonyl (C=O) groups is 1. The van der Waals surface area contributed by atoms with Gasteiger partial charge in [-0.25, -0.2) is 0 Å². The van der Waals surface area contributed by atoms with Crippen molar-refractivity contribution >= 4 is 6.29 Å². The first kappa shape index (κ1) is 12.2. The quantitative estimate of drug-likeness (QED) is 0.807. The van der Waals surface area contributed by atoms with Gasteiger partial charge in [0.25, 0.3) is 0 Å². The van der Waals surface area contributed by atoms with Gasteiger partial charge < -0.3 is 14.6 Å². The molecule has 0 aromatic heterocycles. The molecule has 1 N–H and O–H groups in total. The first-order valence-corrected chi connectivity index (χ1v) is 5.53. The van der Waals surface area contributed by atoms with Gasteiger partial charge in [-0.3, -0.25) is 4.79 Å². The monoisotopic (exact) mass is 236 g/mol. The number of hydrogen-bond acceptors (Lipinski definition) is 4. The normalized spacial score (nSPS) is 28.9. The van der Waals surface area contributed by atoms with Crippen molar-refractivity contribution in [3.63, 3.8) is 0 Å². The van der Waals surface area contributed by atoms with E-state index in [0.717, 1.165) is 0 Å². The van der Waals surface area contributed by atoms with Crippen LogP contribution in [0.4, 0.5) is 0 Å². The molecule has 0 saturated carbocycles. The van der Waals surface area contributed by atoms with Crippen molar-refractivity contribution in [2.45, 2.75) is 31.3 Å². The maximum atomic E-state index is 11.3. The lowest BCUT2D eigenvalue weighted by atomic mass is 9.93. The summed E-state index contributed by atoms with van der Waals surface area (Å²) in [5.74, 6) is -0.851. The van der Waals surface area contributed by atoms with E-state index in [0.29, 0.717) is 11.8 Å². The molecule has 17 heavy (non-hydrogen) atoms. The van der Waals surface area contributed by atoms with Gasteiger partial charge >= 0.3 is 0 Å². The third-order valence-electron chi connectivity index (χ3n) is 2.86. The Balaban J connectivity index is 2.29. The topological polar surface area (TPSA) is 55.8 Å². The Bertz CT molecular complexity index is 401. The van der Waals surface area contributed by atoms with Crippen LogP contribution in [0, 0.1) is 0 Å². The van der Waals surface area contributed by atoms with Crippen LogP contribution in [0.5, 0.6) is 0 Å². The van der Waals surface area contributed by atoms with Crippen molar-refractivity contribution in [3.05, 3.63) is 35.9 Å². The van der Waals surface area contributed by atoms with Crippen molar-refractivity contribution in [2.75, 3.05) is 6.61 Å². The highest BCUT2D eigenvalue weighted by molar-refractivity contribution is 5.65. The fraction of sp³-hybridized carbons (Fsp3) is 0.462. The number of benzene rings is 1. The van der Waals surface area contributed by atoms with E-state index in [1.165, 1.54) is 0 Å². The molecule has 1 saturated heterocycles. The number of aldehydes is 1. The van der Waals surface area contributed by atoms with Crippen LogP contribution in [0.1, 0.15) is 25.5 Å². The maximum Gasteiger partial charge on any atom is 0.179 e. The molecule has 0 radical (unpaired) electrons. The zero-order valence-corrected chi connectivity index (χ0v) is 9.92. The highest BCUT2D eigenvalue weighted by atomic mass is 16.8. The van der Waals surface area contributed by atoms with E-state index in [2.05, 4.69) is 0 Å². The molecular weight excluding hydrogens is 220 g/mol. The molecule has 1 heterocycles. The summed E-state index contributed by atoms with van der Waals surface area (Å²) >= 11 is 0. The molecule has 4 heteroatoms. The first-order valence-electron chi connectivity index (χ1n) is 5.53. The highest BCUT2D eigenvalue weighted by Crippen LogP contribution is 2.38. The Morgan fingerprint density at radius 2 is 2.00 bits per heavy atom. The largest absolute Gasteiger partial charge is 0.385 e. The third-order valence-corrected chi connectivity index (χ3v) is 2.86. The van der Waals surface area contributed by atoms with Crippen LogP contribution in [0.3, 0.4) is 0 Å². The Hall–Kier alpha value is -1.23. The number of hydrogen-bond donors (Lipinski definition) is 1. The first-order chi connectivity index (χ1) is 7.99. The van der Waals surface area contributed by atoms with E-state index >= 15 is 0 Å². The predicted octanol–water partition coefficient (Wildman–Crippen LogP) is 1.44. The molecule has 1 aromatic rings. The summed E-state index contributed by atoms with van der Waals surface area (Å²) in [6, 6.07) is 8.96. The molecule has 92 valence electrons. The van der Waals surface area contributed by atoms with Crippen LogP contribution < -0.4 is 0 Å². The summed E-state index contributed by atoms with van der Waals surface area (Å²) in [5.41, 5.74) is -0.675. The number of carbonyl (C=O) groups excluding carboxylic acids is 1. The van der Waals surface area contributed by atoms with E-state index in [9.17, 15) is 9.90 Å². The molecule has 0 amide bonds. The third kappa shape index (κ3) is 2.24. The Kier molecular flexibility index (Phi) is 3.03. The van der Waals surface area contributed by atoms with Crippen molar-refractivity contribution in [2.24, 2.45) is 0 Å². The molecule has 2 atom stereocenters. The second-order valence-electron chi connectivity index (χ2n) is 4.68. The van der Waals surface area contributed by atoms with Crippen molar-refractivity contribution < 1.29 is 19.4 Å².